The molecule has 4 heteroatoms. The molecule has 0 heterocycles. The molecule has 0 atom stereocenters. The second-order valence-electron chi connectivity index (χ2n) is 0.115. The van der Waals surface area contributed by atoms with E-state index in [0.29, 0.717) is 0 Å². The highest BCUT2D eigenvalue weighted by Crippen LogP contribution is 1.08. The summed E-state index contributed by atoms with van der Waals surface area (Å²) in [5.74, 6) is 0. The van der Waals surface area contributed by atoms with Crippen LogP contribution in [0, 0.1) is 0 Å². The topological polar surface area (TPSA) is 40.5 Å². The zero-order valence-corrected chi connectivity index (χ0v) is 3.44. The van der Waals surface area contributed by atoms with E-state index in [0.717, 1.165) is 0 Å². The summed E-state index contributed by atoms with van der Waals surface area (Å²) in [4.78, 5) is 0. The van der Waals surface area contributed by atoms with Crippen LogP contribution in [0.2, 0.25) is 0 Å². The van der Waals surface area contributed by atoms with Gasteiger partial charge in [-0.15, -0.1) is 0 Å². The first-order chi connectivity index (χ1) is 1.41. The van der Waals surface area contributed by atoms with Crippen LogP contribution in [-0.2, 0) is 0 Å². The van der Waals surface area contributed by atoms with Gasteiger partial charge in [0.25, 0.3) is 0 Å². The average Bonchev–Trinajstić information content (AvgIpc) is 0.918. The molecular weight excluding hydrogens is 123 g/mol. The lowest BCUT2D eigenvalue weighted by molar-refractivity contribution is -0.00000303. The molecule has 0 fully saturated rings. The molecule has 0 aliphatic carbocycles. The van der Waals surface area contributed by atoms with Crippen molar-refractivity contribution >= 4 is 7.69 Å². The van der Waals surface area contributed by atoms with Gasteiger partial charge in [-0.25, -0.2) is 0 Å². The summed E-state index contributed by atoms with van der Waals surface area (Å²) in [6.45, 7) is 0. The van der Waals surface area contributed by atoms with E-state index in [1.54, 1.807) is 0 Å². The van der Waals surface area contributed by atoms with Gasteiger partial charge in [-0.05, 0) is 0 Å². The third-order valence-corrected chi connectivity index (χ3v) is 0. The van der Waals surface area contributed by atoms with Gasteiger partial charge in [0.15, 0.2) is 0 Å². The Hall–Kier alpha value is 0.465. The third kappa shape index (κ3) is 24.5. The summed E-state index contributed by atoms with van der Waals surface area (Å²) in [5.41, 5.74) is 0. The van der Waals surface area contributed by atoms with E-state index in [4.69, 9.17) is 10.0 Å². The molecule has 0 aromatic rings. The van der Waals surface area contributed by atoms with Crippen molar-refractivity contribution in [2.75, 3.05) is 0 Å². The van der Waals surface area contributed by atoms with Crippen LogP contribution in [0.1, 0.15) is 0 Å². The molecule has 0 aromatic carbocycles. The molecule has 2 nitrogen and oxygen atoms in total. The quantitative estimate of drug-likeness (QED) is 0.320. The lowest BCUT2D eigenvalue weighted by Crippen LogP contribution is -3.00. The molecule has 0 unspecified atom stereocenters. The maximum Gasteiger partial charge on any atom is 0.482 e. The minimum atomic E-state index is 0. The highest BCUT2D eigenvalue weighted by Gasteiger charge is 1.51. The van der Waals surface area contributed by atoms with Crippen molar-refractivity contribution in [3.63, 3.8) is 0 Å². The van der Waals surface area contributed by atoms with Crippen molar-refractivity contribution in [2.45, 2.75) is 0 Å². The fourth-order valence-corrected chi connectivity index (χ4v) is 0. The van der Waals surface area contributed by atoms with Gasteiger partial charge in [-0.2, -0.15) is 0 Å². The van der Waals surface area contributed by atoms with Crippen molar-refractivity contribution < 1.29 is 27.0 Å². The van der Waals surface area contributed by atoms with Crippen molar-refractivity contribution in [1.29, 1.82) is 0 Å². The van der Waals surface area contributed by atoms with Crippen molar-refractivity contribution in [1.82, 2.24) is 0 Å². The van der Waals surface area contributed by atoms with E-state index in [1.807, 2.05) is 0 Å². The lowest BCUT2D eigenvalue weighted by atomic mass is 10.5. The van der Waals surface area contributed by atoms with Crippen molar-refractivity contribution in [3.05, 3.63) is 0 Å². The maximum atomic E-state index is 7.00. The summed E-state index contributed by atoms with van der Waals surface area (Å²) < 4.78 is 0. The predicted molar refractivity (Wildman–Crippen MR) is 10.2 cm³/mol. The predicted octanol–water partition coefficient (Wildman–Crippen LogP) is -4.49. The Morgan fingerprint density at radius 2 is 1.25 bits per heavy atom. The van der Waals surface area contributed by atoms with Crippen molar-refractivity contribution in [3.8, 4) is 0 Å². The molecule has 0 aliphatic heterocycles. The fourth-order valence-electron chi connectivity index (χ4n) is 0. The van der Waals surface area contributed by atoms with Crippen LogP contribution in [-0.4, -0.2) is 17.7 Å². The Morgan fingerprint density at radius 1 is 1.25 bits per heavy atom. The van der Waals surface area contributed by atoms with E-state index in [-0.39, 0.29) is 24.7 Å². The van der Waals surface area contributed by atoms with Crippen LogP contribution in [0.4, 0.5) is 0 Å². The minimum absolute atomic E-state index is 0. The average molecular weight is 125 g/mol. The van der Waals surface area contributed by atoms with E-state index in [1.165, 1.54) is 0 Å². The van der Waals surface area contributed by atoms with E-state index in [2.05, 4.69) is 0 Å². The molecule has 0 saturated heterocycles. The molecule has 25 valence electrons. The van der Waals surface area contributed by atoms with Crippen molar-refractivity contribution in [2.24, 2.45) is 0 Å². The second kappa shape index (κ2) is 9.81. The Labute approximate surface area is 35.5 Å². The van der Waals surface area contributed by atoms with Crippen LogP contribution in [0.3, 0.4) is 0 Å². The molecule has 0 spiro atoms. The van der Waals surface area contributed by atoms with E-state index < -0.39 is 0 Å². The monoisotopic (exact) mass is 124 g/mol. The van der Waals surface area contributed by atoms with Gasteiger partial charge in [-0.1, -0.05) is 0 Å². The largest absolute Gasteiger partial charge is 1.00 e. The van der Waals surface area contributed by atoms with Crippen LogP contribution >= 0.6 is 0 Å². The smallest absolute Gasteiger partial charge is 0.482 e. The first-order valence-electron chi connectivity index (χ1n) is 0.516. The van der Waals surface area contributed by atoms with Gasteiger partial charge in [0, 0.05) is 0 Å². The first-order valence-corrected chi connectivity index (χ1v) is 0.516. The highest BCUT2D eigenvalue weighted by molar-refractivity contribution is 6.13. The van der Waals surface area contributed by atoms with Gasteiger partial charge < -0.3 is 27.0 Å². The Kier molecular flexibility index (Phi) is 21.6. The van der Waals surface area contributed by atoms with Gasteiger partial charge >= 0.3 is 7.69 Å². The standard InChI is InChI=1S/BH2O2.BrH/c2-1-3;/h2-3H;1H/p-1. The Morgan fingerprint density at radius 3 is 1.25 bits per heavy atom. The van der Waals surface area contributed by atoms with Crippen LogP contribution in [0.5, 0.6) is 0 Å². The number of hydrogen-bond donors (Lipinski definition) is 2. The summed E-state index contributed by atoms with van der Waals surface area (Å²) >= 11 is 0. The SMILES string of the molecule is O[B]O.[Br-]. The molecule has 2 N–H and O–H groups in total. The number of rotatable bonds is 0. The minimum Gasteiger partial charge on any atom is -1.00 e. The summed E-state index contributed by atoms with van der Waals surface area (Å²) in [6.07, 6.45) is 0. The molecule has 4 heavy (non-hydrogen) atoms. The maximum absolute atomic E-state index is 7.00. The van der Waals surface area contributed by atoms with Crippen LogP contribution in [0.15, 0.2) is 0 Å². The number of halogens is 1. The molecule has 0 amide bonds. The first kappa shape index (κ1) is 8.82. The van der Waals surface area contributed by atoms with Crippen LogP contribution < -0.4 is 17.0 Å². The molecule has 1 radical (unpaired) electrons. The molecule has 0 rings (SSSR count). The van der Waals surface area contributed by atoms with Gasteiger partial charge in [0.1, 0.15) is 0 Å². The Bertz CT molecular complexity index is 6.00. The van der Waals surface area contributed by atoms with Gasteiger partial charge in [0.05, 0.1) is 0 Å². The molecule has 0 aromatic heterocycles. The third-order valence-electron chi connectivity index (χ3n) is 0. The molecule has 0 bridgehead atoms. The van der Waals surface area contributed by atoms with Crippen LogP contribution in [0.25, 0.3) is 0 Å². The van der Waals surface area contributed by atoms with E-state index in [9.17, 15) is 0 Å². The molecular formula is H2BBrO2-. The number of hydrogen-bond acceptors (Lipinski definition) is 2. The second-order valence-corrected chi connectivity index (χ2v) is 0.115. The van der Waals surface area contributed by atoms with Gasteiger partial charge in [0.2, 0.25) is 0 Å². The summed E-state index contributed by atoms with van der Waals surface area (Å²) in [6, 6.07) is 0. The van der Waals surface area contributed by atoms with Gasteiger partial charge in [-0.3, -0.25) is 0 Å². The normalized spacial score (nSPS) is 3.50. The zero-order valence-electron chi connectivity index (χ0n) is 1.85. The summed E-state index contributed by atoms with van der Waals surface area (Å²) in [7, 11) is 0. The molecule has 0 aliphatic rings. The fraction of sp³-hybridized carbons (Fsp3) is 0. The lowest BCUT2D eigenvalue weighted by Gasteiger charge is -1.46. The summed E-state index contributed by atoms with van der Waals surface area (Å²) in [5, 5.41) is 14.0. The molecule has 0 saturated carbocycles. The Balaban J connectivity index is 0. The highest BCUT2D eigenvalue weighted by atomic mass is 79.9. The van der Waals surface area contributed by atoms with E-state index >= 15 is 0 Å². The zero-order chi connectivity index (χ0) is 2.71.